The zero-order valence-corrected chi connectivity index (χ0v) is 15.8. The second kappa shape index (κ2) is 10.4. The molecule has 6 nitrogen and oxygen atoms in total. The first kappa shape index (κ1) is 20.6. The molecule has 0 radical (unpaired) electrons. The van der Waals surface area contributed by atoms with E-state index in [1.165, 1.54) is 7.11 Å². The Labute approximate surface area is 159 Å². The lowest BCUT2D eigenvalue weighted by Gasteiger charge is -2.29. The minimum atomic E-state index is -1.06. The van der Waals surface area contributed by atoms with Gasteiger partial charge in [0.2, 0.25) is 0 Å². The lowest BCUT2D eigenvalue weighted by Crippen LogP contribution is -2.44. The van der Waals surface area contributed by atoms with Gasteiger partial charge < -0.3 is 19.5 Å². The van der Waals surface area contributed by atoms with Crippen molar-refractivity contribution in [3.63, 3.8) is 0 Å². The van der Waals surface area contributed by atoms with Crippen LogP contribution in [0.25, 0.3) is 0 Å². The predicted molar refractivity (Wildman–Crippen MR) is 101 cm³/mol. The molecule has 27 heavy (non-hydrogen) atoms. The Balaban J connectivity index is 2.33. The number of benzene rings is 2. The fraction of sp³-hybridized carbons (Fsp3) is 0.333. The number of carbonyl (C=O) groups is 2. The van der Waals surface area contributed by atoms with Gasteiger partial charge in [0.1, 0.15) is 0 Å². The topological polar surface area (TPSA) is 73.9 Å². The molecule has 144 valence electrons. The number of hydrogen-bond acceptors (Lipinski definition) is 5. The summed E-state index contributed by atoms with van der Waals surface area (Å²) in [6.45, 7) is 3.96. The lowest BCUT2D eigenvalue weighted by molar-refractivity contribution is -0.190. The Kier molecular flexibility index (Phi) is 7.98. The molecule has 1 N–H and O–H groups in total. The van der Waals surface area contributed by atoms with Crippen LogP contribution in [-0.2, 0) is 19.0 Å². The number of methoxy groups -OCH3 is 1. The maximum atomic E-state index is 12.7. The molecule has 0 heterocycles. The van der Waals surface area contributed by atoms with E-state index >= 15 is 0 Å². The molecule has 2 aromatic carbocycles. The summed E-state index contributed by atoms with van der Waals surface area (Å²) in [4.78, 5) is 25.1. The summed E-state index contributed by atoms with van der Waals surface area (Å²) >= 11 is 0. The third-order valence-electron chi connectivity index (χ3n) is 3.96. The molecule has 0 saturated carbocycles. The Morgan fingerprint density at radius 1 is 1.00 bits per heavy atom. The summed E-state index contributed by atoms with van der Waals surface area (Å²) in [5.41, 5.74) is 1.21. The van der Waals surface area contributed by atoms with E-state index in [2.05, 4.69) is 5.32 Å². The predicted octanol–water partition coefficient (Wildman–Crippen LogP) is 3.10. The van der Waals surface area contributed by atoms with Crippen molar-refractivity contribution >= 4 is 11.9 Å². The van der Waals surface area contributed by atoms with Crippen molar-refractivity contribution in [2.24, 2.45) is 0 Å². The molecule has 2 unspecified atom stereocenters. The molecule has 0 aliphatic carbocycles. The molecule has 6 heteroatoms. The smallest absolute Gasteiger partial charge is 0.337 e. The Hall–Kier alpha value is -2.70. The van der Waals surface area contributed by atoms with Crippen LogP contribution in [0.3, 0.4) is 0 Å². The third-order valence-corrected chi connectivity index (χ3v) is 3.96. The number of rotatable bonds is 9. The molecule has 0 aliphatic rings. The van der Waals surface area contributed by atoms with E-state index in [-0.39, 0.29) is 5.91 Å². The Bertz CT molecular complexity index is 720. The highest BCUT2D eigenvalue weighted by Crippen LogP contribution is 2.23. The number of hydrogen-bond donors (Lipinski definition) is 1. The molecular weight excluding hydrogens is 346 g/mol. The van der Waals surface area contributed by atoms with E-state index in [4.69, 9.17) is 14.2 Å². The van der Waals surface area contributed by atoms with Crippen molar-refractivity contribution < 1.29 is 23.8 Å². The average Bonchev–Trinajstić information content (AvgIpc) is 2.71. The van der Waals surface area contributed by atoms with Crippen LogP contribution in [0.5, 0.6) is 0 Å². The first-order chi connectivity index (χ1) is 13.1. The lowest BCUT2D eigenvalue weighted by atomic mass is 10.0. The van der Waals surface area contributed by atoms with E-state index in [0.29, 0.717) is 12.2 Å². The van der Waals surface area contributed by atoms with Crippen LogP contribution in [0, 0.1) is 0 Å². The van der Waals surface area contributed by atoms with E-state index in [9.17, 15) is 9.59 Å². The van der Waals surface area contributed by atoms with Crippen LogP contribution in [-0.4, -0.2) is 38.0 Å². The van der Waals surface area contributed by atoms with E-state index < -0.39 is 24.4 Å². The molecule has 0 bridgehead atoms. The maximum absolute atomic E-state index is 12.7. The van der Waals surface area contributed by atoms with E-state index in [0.717, 1.165) is 5.56 Å². The highest BCUT2D eigenvalue weighted by atomic mass is 16.7. The number of nitrogens with one attached hydrogen (secondary N) is 1. The summed E-state index contributed by atoms with van der Waals surface area (Å²) < 4.78 is 16.1. The van der Waals surface area contributed by atoms with Crippen LogP contribution in [0.4, 0.5) is 0 Å². The molecule has 0 aliphatic heterocycles. The van der Waals surface area contributed by atoms with Crippen molar-refractivity contribution in [2.45, 2.75) is 32.3 Å². The van der Waals surface area contributed by atoms with Gasteiger partial charge in [0.05, 0.1) is 13.2 Å². The number of carbonyl (C=O) groups excluding carboxylic acids is 2. The molecule has 0 saturated heterocycles. The molecule has 0 fully saturated rings. The molecule has 0 spiro atoms. The maximum Gasteiger partial charge on any atom is 0.337 e. The van der Waals surface area contributed by atoms with Gasteiger partial charge in [0.15, 0.2) is 12.4 Å². The van der Waals surface area contributed by atoms with Gasteiger partial charge in [0.25, 0.3) is 5.91 Å². The Morgan fingerprint density at radius 3 is 2.15 bits per heavy atom. The largest absolute Gasteiger partial charge is 0.467 e. The van der Waals surface area contributed by atoms with Gasteiger partial charge in [0, 0.05) is 12.2 Å². The fourth-order valence-electron chi connectivity index (χ4n) is 2.68. The van der Waals surface area contributed by atoms with Gasteiger partial charge in [-0.2, -0.15) is 0 Å². The molecule has 3 atom stereocenters. The van der Waals surface area contributed by atoms with Crippen LogP contribution < -0.4 is 5.32 Å². The summed E-state index contributed by atoms with van der Waals surface area (Å²) in [6.07, 6.45) is -1.70. The molecular formula is C21H25NO5. The zero-order chi connectivity index (χ0) is 19.6. The monoisotopic (exact) mass is 371 g/mol. The first-order valence-electron chi connectivity index (χ1n) is 8.82. The molecule has 2 aromatic rings. The van der Waals surface area contributed by atoms with Crippen molar-refractivity contribution in [1.82, 2.24) is 5.32 Å². The van der Waals surface area contributed by atoms with Gasteiger partial charge in [-0.1, -0.05) is 48.5 Å². The van der Waals surface area contributed by atoms with Gasteiger partial charge in [-0.05, 0) is 31.5 Å². The minimum absolute atomic E-state index is 0.314. The minimum Gasteiger partial charge on any atom is -0.467 e. The standard InChI is InChI=1S/C21H25NO5/c1-4-26-15(2)27-19(21(24)25-3)18(16-11-7-5-8-12-16)22-20(23)17-13-9-6-10-14-17/h5-15,18-19H,4H2,1-3H3,(H,22,23)/t15?,18-,19?/m1/s1. The molecule has 2 rings (SSSR count). The number of amides is 1. The number of ether oxygens (including phenoxy) is 3. The highest BCUT2D eigenvalue weighted by Gasteiger charge is 2.34. The normalized spacial score (nSPS) is 14.0. The highest BCUT2D eigenvalue weighted by molar-refractivity contribution is 5.94. The second-order valence-electron chi connectivity index (χ2n) is 5.83. The Morgan fingerprint density at radius 2 is 1.59 bits per heavy atom. The summed E-state index contributed by atoms with van der Waals surface area (Å²) in [7, 11) is 1.28. The zero-order valence-electron chi connectivity index (χ0n) is 15.8. The molecule has 1 amide bonds. The summed E-state index contributed by atoms with van der Waals surface area (Å²) in [6, 6.07) is 17.2. The van der Waals surface area contributed by atoms with Crippen molar-refractivity contribution in [3.05, 3.63) is 71.8 Å². The van der Waals surface area contributed by atoms with Crippen molar-refractivity contribution in [3.8, 4) is 0 Å². The van der Waals surface area contributed by atoms with Crippen molar-refractivity contribution in [1.29, 1.82) is 0 Å². The van der Waals surface area contributed by atoms with E-state index in [1.807, 2.05) is 43.3 Å². The van der Waals surface area contributed by atoms with Gasteiger partial charge in [-0.15, -0.1) is 0 Å². The average molecular weight is 371 g/mol. The van der Waals surface area contributed by atoms with Crippen LogP contribution in [0.15, 0.2) is 60.7 Å². The number of esters is 1. The SMILES string of the molecule is CCOC(C)OC(C(=O)OC)[C@H](NC(=O)c1ccccc1)c1ccccc1. The van der Waals surface area contributed by atoms with E-state index in [1.54, 1.807) is 31.2 Å². The second-order valence-corrected chi connectivity index (χ2v) is 5.83. The molecule has 0 aromatic heterocycles. The van der Waals surface area contributed by atoms with Crippen LogP contribution >= 0.6 is 0 Å². The van der Waals surface area contributed by atoms with Gasteiger partial charge in [-0.3, -0.25) is 4.79 Å². The summed E-state index contributed by atoms with van der Waals surface area (Å²) in [5.74, 6) is -0.908. The summed E-state index contributed by atoms with van der Waals surface area (Å²) in [5, 5.41) is 2.89. The van der Waals surface area contributed by atoms with Crippen molar-refractivity contribution in [2.75, 3.05) is 13.7 Å². The third kappa shape index (κ3) is 5.91. The fourth-order valence-corrected chi connectivity index (χ4v) is 2.68. The first-order valence-corrected chi connectivity index (χ1v) is 8.82. The van der Waals surface area contributed by atoms with Crippen LogP contribution in [0.1, 0.15) is 35.8 Å². The quantitative estimate of drug-likeness (QED) is 0.542. The van der Waals surface area contributed by atoms with Gasteiger partial charge in [-0.25, -0.2) is 4.79 Å². The van der Waals surface area contributed by atoms with Gasteiger partial charge >= 0.3 is 5.97 Å². The van der Waals surface area contributed by atoms with Crippen LogP contribution in [0.2, 0.25) is 0 Å².